The van der Waals surface area contributed by atoms with Gasteiger partial charge in [0, 0.05) is 25.3 Å². The van der Waals surface area contributed by atoms with E-state index < -0.39 is 0 Å². The maximum Gasteiger partial charge on any atom is 0.225 e. The van der Waals surface area contributed by atoms with Crippen LogP contribution < -0.4 is 11.1 Å². The molecule has 0 unspecified atom stereocenters. The van der Waals surface area contributed by atoms with Gasteiger partial charge in [0.15, 0.2) is 0 Å². The zero-order valence-corrected chi connectivity index (χ0v) is 12.8. The van der Waals surface area contributed by atoms with Gasteiger partial charge in [0.05, 0.1) is 10.7 Å². The van der Waals surface area contributed by atoms with Gasteiger partial charge in [-0.3, -0.25) is 4.79 Å². The number of nitrogens with two attached hydrogens (primary N) is 1. The molecule has 21 heavy (non-hydrogen) atoms. The van der Waals surface area contributed by atoms with Crippen LogP contribution >= 0.6 is 11.6 Å². The number of anilines is 2. The van der Waals surface area contributed by atoms with Crippen LogP contribution in [0, 0.1) is 5.92 Å². The molecule has 1 aromatic carbocycles. The Kier molecular flexibility index (Phi) is 5.85. The van der Waals surface area contributed by atoms with Crippen molar-refractivity contribution in [3.8, 4) is 0 Å². The van der Waals surface area contributed by atoms with Gasteiger partial charge in [-0.1, -0.05) is 11.6 Å². The lowest BCUT2D eigenvalue weighted by Gasteiger charge is -2.30. The molecule has 1 aromatic rings. The fourth-order valence-electron chi connectivity index (χ4n) is 2.50. The first-order chi connectivity index (χ1) is 10.1. The molecule has 1 fully saturated rings. The van der Waals surface area contributed by atoms with Gasteiger partial charge in [0.1, 0.15) is 0 Å². The second kappa shape index (κ2) is 7.64. The number of rotatable bonds is 5. The Hall–Kier alpha value is -1.30. The van der Waals surface area contributed by atoms with E-state index in [-0.39, 0.29) is 12.5 Å². The van der Waals surface area contributed by atoms with Crippen LogP contribution in [0.2, 0.25) is 5.02 Å². The molecule has 0 bridgehead atoms. The number of amides is 1. The molecule has 1 amide bonds. The summed E-state index contributed by atoms with van der Waals surface area (Å²) in [6.45, 7) is 2.91. The molecule has 116 valence electrons. The summed E-state index contributed by atoms with van der Waals surface area (Å²) in [4.78, 5) is 14.2. The number of carbonyl (C=O) groups excluding carboxylic acids is 1. The van der Waals surface area contributed by atoms with Crippen LogP contribution in [-0.4, -0.2) is 42.2 Å². The van der Waals surface area contributed by atoms with E-state index in [1.807, 2.05) is 0 Å². The average molecular weight is 312 g/mol. The van der Waals surface area contributed by atoms with Gasteiger partial charge >= 0.3 is 0 Å². The Labute approximate surface area is 130 Å². The van der Waals surface area contributed by atoms with Crippen molar-refractivity contribution in [3.05, 3.63) is 23.2 Å². The van der Waals surface area contributed by atoms with Gasteiger partial charge in [-0.25, -0.2) is 0 Å². The maximum absolute atomic E-state index is 11.9. The number of nitrogen functional groups attached to an aromatic ring is 1. The Morgan fingerprint density at radius 2 is 2.14 bits per heavy atom. The van der Waals surface area contributed by atoms with E-state index in [4.69, 9.17) is 22.4 Å². The monoisotopic (exact) mass is 311 g/mol. The van der Waals surface area contributed by atoms with Crippen molar-refractivity contribution in [2.24, 2.45) is 5.92 Å². The number of aliphatic hydroxyl groups excluding tert-OH is 1. The summed E-state index contributed by atoms with van der Waals surface area (Å²) in [5, 5.41) is 12.4. The van der Waals surface area contributed by atoms with Crippen LogP contribution in [0.15, 0.2) is 18.2 Å². The smallest absolute Gasteiger partial charge is 0.225 e. The maximum atomic E-state index is 11.9. The van der Waals surface area contributed by atoms with Gasteiger partial charge in [-0.15, -0.1) is 0 Å². The number of hydrogen-bond donors (Lipinski definition) is 3. The lowest BCUT2D eigenvalue weighted by atomic mass is 9.98. The predicted molar refractivity (Wildman–Crippen MR) is 85.4 cm³/mol. The molecule has 0 aromatic heterocycles. The summed E-state index contributed by atoms with van der Waals surface area (Å²) < 4.78 is 0. The number of benzene rings is 1. The number of hydrogen-bond acceptors (Lipinski definition) is 4. The number of carbonyl (C=O) groups is 1. The second-order valence-electron chi connectivity index (χ2n) is 5.50. The number of nitrogens with zero attached hydrogens (tertiary/aromatic N) is 1. The van der Waals surface area contributed by atoms with Crippen molar-refractivity contribution < 1.29 is 9.90 Å². The van der Waals surface area contributed by atoms with E-state index in [2.05, 4.69) is 10.2 Å². The third kappa shape index (κ3) is 4.88. The van der Waals surface area contributed by atoms with E-state index in [1.165, 1.54) is 0 Å². The first kappa shape index (κ1) is 16.1. The number of likely N-dealkylation sites (tertiary alicyclic amines) is 1. The molecular weight excluding hydrogens is 290 g/mol. The molecule has 0 radical (unpaired) electrons. The van der Waals surface area contributed by atoms with Crippen molar-refractivity contribution in [1.82, 2.24) is 4.90 Å². The molecular formula is C15H22ClN3O2. The van der Waals surface area contributed by atoms with E-state index in [1.54, 1.807) is 18.2 Å². The molecule has 1 aliphatic heterocycles. The quantitative estimate of drug-likeness (QED) is 0.726. The molecule has 0 aliphatic carbocycles. The third-order valence-corrected chi connectivity index (χ3v) is 4.24. The normalized spacial score (nSPS) is 16.9. The van der Waals surface area contributed by atoms with Gasteiger partial charge in [0.2, 0.25) is 5.91 Å². The molecule has 0 spiro atoms. The van der Waals surface area contributed by atoms with Crippen molar-refractivity contribution in [2.45, 2.75) is 19.3 Å². The molecule has 5 nitrogen and oxygen atoms in total. The molecule has 4 N–H and O–H groups in total. The standard InChI is InChI=1S/C15H22ClN3O2/c16-13-2-1-12(9-14(13)17)18-15(21)5-8-19-6-3-11(10-20)4-7-19/h1-2,9,11,20H,3-8,10,17H2,(H,18,21). The van der Waals surface area contributed by atoms with Crippen LogP contribution in [-0.2, 0) is 4.79 Å². The number of piperidine rings is 1. The zero-order chi connectivity index (χ0) is 15.2. The largest absolute Gasteiger partial charge is 0.397 e. The molecule has 2 rings (SSSR count). The topological polar surface area (TPSA) is 78.6 Å². The van der Waals surface area contributed by atoms with Crippen molar-refractivity contribution >= 4 is 28.9 Å². The van der Waals surface area contributed by atoms with Crippen molar-refractivity contribution in [3.63, 3.8) is 0 Å². The molecule has 0 saturated carbocycles. The molecule has 1 heterocycles. The van der Waals surface area contributed by atoms with Gasteiger partial charge in [0.25, 0.3) is 0 Å². The summed E-state index contributed by atoms with van der Waals surface area (Å²) in [5.41, 5.74) is 6.83. The average Bonchev–Trinajstić information content (AvgIpc) is 2.49. The Bertz CT molecular complexity index is 488. The minimum atomic E-state index is -0.0268. The highest BCUT2D eigenvalue weighted by atomic mass is 35.5. The molecule has 0 atom stereocenters. The highest BCUT2D eigenvalue weighted by Gasteiger charge is 2.18. The Morgan fingerprint density at radius 3 is 2.76 bits per heavy atom. The third-order valence-electron chi connectivity index (χ3n) is 3.90. The molecule has 1 aliphatic rings. The first-order valence-electron chi connectivity index (χ1n) is 7.26. The minimum Gasteiger partial charge on any atom is -0.397 e. The van der Waals surface area contributed by atoms with Gasteiger partial charge in [-0.05, 0) is 50.0 Å². The van der Waals surface area contributed by atoms with E-state index in [0.29, 0.717) is 28.7 Å². The molecule has 1 saturated heterocycles. The minimum absolute atomic E-state index is 0.0268. The van der Waals surface area contributed by atoms with Crippen molar-refractivity contribution in [2.75, 3.05) is 37.3 Å². The van der Waals surface area contributed by atoms with Gasteiger partial charge < -0.3 is 21.1 Å². The van der Waals surface area contributed by atoms with E-state index >= 15 is 0 Å². The van der Waals surface area contributed by atoms with Crippen LogP contribution in [0.3, 0.4) is 0 Å². The summed E-state index contributed by atoms with van der Waals surface area (Å²) in [6.07, 6.45) is 2.46. The Balaban J connectivity index is 1.73. The summed E-state index contributed by atoms with van der Waals surface area (Å²) in [6, 6.07) is 5.07. The second-order valence-corrected chi connectivity index (χ2v) is 5.91. The lowest BCUT2D eigenvalue weighted by Crippen LogP contribution is -2.36. The zero-order valence-electron chi connectivity index (χ0n) is 12.0. The lowest BCUT2D eigenvalue weighted by molar-refractivity contribution is -0.116. The predicted octanol–water partition coefficient (Wildman–Crippen LogP) is 1.96. The molecule has 6 heteroatoms. The highest BCUT2D eigenvalue weighted by molar-refractivity contribution is 6.33. The van der Waals surface area contributed by atoms with Crippen LogP contribution in [0.4, 0.5) is 11.4 Å². The summed E-state index contributed by atoms with van der Waals surface area (Å²) >= 11 is 5.84. The number of aliphatic hydroxyl groups is 1. The first-order valence-corrected chi connectivity index (χ1v) is 7.64. The van der Waals surface area contributed by atoms with Crippen LogP contribution in [0.5, 0.6) is 0 Å². The highest BCUT2D eigenvalue weighted by Crippen LogP contribution is 2.22. The van der Waals surface area contributed by atoms with E-state index in [9.17, 15) is 4.79 Å². The summed E-state index contributed by atoms with van der Waals surface area (Å²) in [5.74, 6) is 0.396. The van der Waals surface area contributed by atoms with Crippen molar-refractivity contribution in [1.29, 1.82) is 0 Å². The van der Waals surface area contributed by atoms with Crippen LogP contribution in [0.25, 0.3) is 0 Å². The van der Waals surface area contributed by atoms with E-state index in [0.717, 1.165) is 32.5 Å². The van der Waals surface area contributed by atoms with Crippen LogP contribution in [0.1, 0.15) is 19.3 Å². The summed E-state index contributed by atoms with van der Waals surface area (Å²) in [7, 11) is 0. The fraction of sp³-hybridized carbons (Fsp3) is 0.533. The SMILES string of the molecule is Nc1cc(NC(=O)CCN2CCC(CO)CC2)ccc1Cl. The fourth-order valence-corrected chi connectivity index (χ4v) is 2.61. The van der Waals surface area contributed by atoms with Gasteiger partial charge in [-0.2, -0.15) is 0 Å². The Morgan fingerprint density at radius 1 is 1.43 bits per heavy atom. The number of halogens is 1. The number of nitrogens with one attached hydrogen (secondary N) is 1.